The van der Waals surface area contributed by atoms with Crippen molar-refractivity contribution in [3.8, 4) is 11.8 Å². The number of nitriles is 1. The SMILES string of the molecule is CCC(O)(CC)CNCc1cccc(OCc2ccccc2C#N)c1. The van der Waals surface area contributed by atoms with Crippen molar-refractivity contribution in [1.29, 1.82) is 5.26 Å². The van der Waals surface area contributed by atoms with Gasteiger partial charge in [-0.1, -0.05) is 44.2 Å². The van der Waals surface area contributed by atoms with Crippen LogP contribution in [0.25, 0.3) is 0 Å². The van der Waals surface area contributed by atoms with Gasteiger partial charge in [-0.15, -0.1) is 0 Å². The van der Waals surface area contributed by atoms with E-state index in [-0.39, 0.29) is 0 Å². The minimum Gasteiger partial charge on any atom is -0.489 e. The van der Waals surface area contributed by atoms with Crippen LogP contribution in [0.1, 0.15) is 43.4 Å². The molecule has 0 saturated carbocycles. The number of hydrogen-bond acceptors (Lipinski definition) is 4. The van der Waals surface area contributed by atoms with Crippen molar-refractivity contribution < 1.29 is 9.84 Å². The summed E-state index contributed by atoms with van der Waals surface area (Å²) in [6.45, 7) is 5.61. The number of nitrogens with zero attached hydrogens (tertiary/aromatic N) is 1. The van der Waals surface area contributed by atoms with Gasteiger partial charge in [-0.2, -0.15) is 5.26 Å². The van der Waals surface area contributed by atoms with Crippen molar-refractivity contribution >= 4 is 0 Å². The molecule has 0 fully saturated rings. The molecule has 4 nitrogen and oxygen atoms in total. The lowest BCUT2D eigenvalue weighted by Crippen LogP contribution is -2.39. The van der Waals surface area contributed by atoms with Crippen LogP contribution in [0.3, 0.4) is 0 Å². The largest absolute Gasteiger partial charge is 0.489 e. The first kappa shape index (κ1) is 19.0. The highest BCUT2D eigenvalue weighted by molar-refractivity contribution is 5.37. The quantitative estimate of drug-likeness (QED) is 0.730. The van der Waals surface area contributed by atoms with Gasteiger partial charge in [0.1, 0.15) is 12.4 Å². The Bertz CT molecular complexity index is 718. The maximum absolute atomic E-state index is 10.3. The molecule has 0 bridgehead atoms. The van der Waals surface area contributed by atoms with Gasteiger partial charge in [0.2, 0.25) is 0 Å². The number of rotatable bonds is 9. The van der Waals surface area contributed by atoms with Crippen LogP contribution in [0.5, 0.6) is 5.75 Å². The lowest BCUT2D eigenvalue weighted by atomic mass is 9.97. The van der Waals surface area contributed by atoms with Crippen LogP contribution in [0.15, 0.2) is 48.5 Å². The molecule has 4 heteroatoms. The molecular weight excluding hydrogens is 312 g/mol. The second-order valence-corrected chi connectivity index (χ2v) is 6.24. The average Bonchev–Trinajstić information content (AvgIpc) is 2.66. The van der Waals surface area contributed by atoms with Crippen LogP contribution in [-0.4, -0.2) is 17.3 Å². The number of ether oxygens (including phenoxy) is 1. The standard InChI is InChI=1S/C21H26N2O2/c1-3-21(24,4-2)16-23-14-17-8-7-11-20(12-17)25-15-19-10-6-5-9-18(19)13-22/h5-12,23-24H,3-4,14-16H2,1-2H3. The zero-order valence-electron chi connectivity index (χ0n) is 15.0. The number of hydrogen-bond donors (Lipinski definition) is 2. The average molecular weight is 338 g/mol. The fraction of sp³-hybridized carbons (Fsp3) is 0.381. The molecule has 2 aromatic carbocycles. The highest BCUT2D eigenvalue weighted by atomic mass is 16.5. The fourth-order valence-electron chi connectivity index (χ4n) is 2.60. The maximum atomic E-state index is 10.3. The lowest BCUT2D eigenvalue weighted by Gasteiger charge is -2.25. The van der Waals surface area contributed by atoms with Crippen molar-refractivity contribution in [2.45, 2.75) is 45.4 Å². The topological polar surface area (TPSA) is 65.3 Å². The highest BCUT2D eigenvalue weighted by Gasteiger charge is 2.21. The van der Waals surface area contributed by atoms with Crippen LogP contribution in [-0.2, 0) is 13.2 Å². The first-order valence-electron chi connectivity index (χ1n) is 8.73. The van der Waals surface area contributed by atoms with Crippen molar-refractivity contribution in [2.24, 2.45) is 0 Å². The highest BCUT2D eigenvalue weighted by Crippen LogP contribution is 2.17. The van der Waals surface area contributed by atoms with Crippen LogP contribution >= 0.6 is 0 Å². The predicted molar refractivity (Wildman–Crippen MR) is 99.2 cm³/mol. The molecule has 0 radical (unpaired) electrons. The van der Waals surface area contributed by atoms with Gasteiger partial charge in [-0.25, -0.2) is 0 Å². The van der Waals surface area contributed by atoms with Gasteiger partial charge in [-0.05, 0) is 36.6 Å². The van der Waals surface area contributed by atoms with Gasteiger partial charge >= 0.3 is 0 Å². The molecule has 25 heavy (non-hydrogen) atoms. The summed E-state index contributed by atoms with van der Waals surface area (Å²) in [6.07, 6.45) is 1.47. The van der Waals surface area contributed by atoms with Crippen molar-refractivity contribution in [2.75, 3.05) is 6.54 Å². The van der Waals surface area contributed by atoms with E-state index in [2.05, 4.69) is 11.4 Å². The maximum Gasteiger partial charge on any atom is 0.120 e. The Hall–Kier alpha value is -2.35. The first-order valence-corrected chi connectivity index (χ1v) is 8.73. The Balaban J connectivity index is 1.92. The summed E-state index contributed by atoms with van der Waals surface area (Å²) in [6, 6.07) is 17.5. The Labute approximate surface area is 150 Å². The zero-order chi connectivity index (χ0) is 18.1. The van der Waals surface area contributed by atoms with Gasteiger partial charge in [0.05, 0.1) is 17.2 Å². The monoisotopic (exact) mass is 338 g/mol. The molecule has 0 aliphatic rings. The minimum absolute atomic E-state index is 0.367. The van der Waals surface area contributed by atoms with E-state index >= 15 is 0 Å². The van der Waals surface area contributed by atoms with Gasteiger partial charge < -0.3 is 15.2 Å². The molecular formula is C21H26N2O2. The summed E-state index contributed by atoms with van der Waals surface area (Å²) >= 11 is 0. The smallest absolute Gasteiger partial charge is 0.120 e. The Morgan fingerprint density at radius 3 is 2.60 bits per heavy atom. The minimum atomic E-state index is -0.644. The van der Waals surface area contributed by atoms with E-state index in [9.17, 15) is 5.11 Å². The third-order valence-electron chi connectivity index (χ3n) is 4.53. The Kier molecular flexibility index (Phi) is 7.00. The molecule has 0 aromatic heterocycles. The molecule has 0 aliphatic heterocycles. The Morgan fingerprint density at radius 2 is 1.88 bits per heavy atom. The summed E-state index contributed by atoms with van der Waals surface area (Å²) in [5, 5.41) is 22.8. The van der Waals surface area contributed by atoms with Crippen LogP contribution in [0, 0.1) is 11.3 Å². The second-order valence-electron chi connectivity index (χ2n) is 6.24. The van der Waals surface area contributed by atoms with Crippen LogP contribution < -0.4 is 10.1 Å². The fourth-order valence-corrected chi connectivity index (χ4v) is 2.60. The number of aliphatic hydroxyl groups is 1. The molecule has 2 aromatic rings. The van der Waals surface area contributed by atoms with Gasteiger partial charge in [0, 0.05) is 18.7 Å². The molecule has 0 aliphatic carbocycles. The normalized spacial score (nSPS) is 11.1. The predicted octanol–water partition coefficient (Wildman–Crippen LogP) is 3.78. The van der Waals surface area contributed by atoms with Gasteiger partial charge in [-0.3, -0.25) is 0 Å². The van der Waals surface area contributed by atoms with Gasteiger partial charge in [0.15, 0.2) is 0 Å². The molecule has 0 amide bonds. The molecule has 0 saturated heterocycles. The summed E-state index contributed by atoms with van der Waals surface area (Å²) in [5.74, 6) is 0.772. The molecule has 2 rings (SSSR count). The van der Waals surface area contributed by atoms with E-state index in [0.717, 1.165) is 29.7 Å². The van der Waals surface area contributed by atoms with Crippen LogP contribution in [0.2, 0.25) is 0 Å². The zero-order valence-corrected chi connectivity index (χ0v) is 15.0. The third-order valence-corrected chi connectivity index (χ3v) is 4.53. The van der Waals surface area contributed by atoms with E-state index in [4.69, 9.17) is 10.00 Å². The molecule has 132 valence electrons. The molecule has 0 spiro atoms. The molecule has 0 unspecified atom stereocenters. The van der Waals surface area contributed by atoms with Crippen molar-refractivity contribution in [3.05, 3.63) is 65.2 Å². The van der Waals surface area contributed by atoms with E-state index in [1.807, 2.05) is 56.3 Å². The van der Waals surface area contributed by atoms with E-state index in [0.29, 0.717) is 25.3 Å². The Morgan fingerprint density at radius 1 is 1.12 bits per heavy atom. The van der Waals surface area contributed by atoms with Crippen molar-refractivity contribution in [3.63, 3.8) is 0 Å². The second kappa shape index (κ2) is 9.22. The summed E-state index contributed by atoms with van der Waals surface area (Å²) in [7, 11) is 0. The number of nitrogens with one attached hydrogen (secondary N) is 1. The summed E-state index contributed by atoms with van der Waals surface area (Å²) in [4.78, 5) is 0. The third kappa shape index (κ3) is 5.60. The van der Waals surface area contributed by atoms with E-state index in [1.165, 1.54) is 0 Å². The first-order chi connectivity index (χ1) is 12.1. The molecule has 0 atom stereocenters. The van der Waals surface area contributed by atoms with Crippen LogP contribution in [0.4, 0.5) is 0 Å². The lowest BCUT2D eigenvalue weighted by molar-refractivity contribution is 0.0323. The van der Waals surface area contributed by atoms with E-state index < -0.39 is 5.60 Å². The number of benzene rings is 2. The van der Waals surface area contributed by atoms with E-state index in [1.54, 1.807) is 6.07 Å². The molecule has 0 heterocycles. The molecule has 2 N–H and O–H groups in total. The van der Waals surface area contributed by atoms with Crippen molar-refractivity contribution in [1.82, 2.24) is 5.32 Å². The van der Waals surface area contributed by atoms with Gasteiger partial charge in [0.25, 0.3) is 0 Å². The summed E-state index contributed by atoms with van der Waals surface area (Å²) < 4.78 is 5.84. The summed E-state index contributed by atoms with van der Waals surface area (Å²) in [5.41, 5.74) is 1.97.